The molecule has 0 amide bonds. The van der Waals surface area contributed by atoms with Crippen LogP contribution in [0.15, 0.2) is 0 Å². The number of hydrogen-bond acceptors (Lipinski definition) is 2. The molecule has 0 unspecified atom stereocenters. The summed E-state index contributed by atoms with van der Waals surface area (Å²) in [4.78, 5) is 0. The van der Waals surface area contributed by atoms with Gasteiger partial charge in [-0.25, -0.2) is 4.59 Å². The molecule has 1 rings (SSSR count). The van der Waals surface area contributed by atoms with E-state index in [0.29, 0.717) is 12.1 Å². The molecule has 0 spiro atoms. The fraction of sp³-hybridized carbons (Fsp3) is 1.00. The summed E-state index contributed by atoms with van der Waals surface area (Å²) < 4.78 is 6.43. The van der Waals surface area contributed by atoms with Crippen molar-refractivity contribution < 1.29 is 9.33 Å². The summed E-state index contributed by atoms with van der Waals surface area (Å²) in [5.74, 6) is 0. The van der Waals surface area contributed by atoms with E-state index in [0.717, 1.165) is 30.9 Å². The molecule has 0 aromatic rings. The average molecular weight is 201 g/mol. The van der Waals surface area contributed by atoms with Crippen molar-refractivity contribution >= 4 is 0 Å². The molecule has 1 heterocycles. The van der Waals surface area contributed by atoms with Crippen LogP contribution in [-0.4, -0.2) is 55.0 Å². The van der Waals surface area contributed by atoms with E-state index < -0.39 is 0 Å². The number of quaternary nitrogens is 1. The number of morpholine rings is 1. The highest BCUT2D eigenvalue weighted by Gasteiger charge is 2.37. The van der Waals surface area contributed by atoms with E-state index in [1.54, 1.807) is 0 Å². The van der Waals surface area contributed by atoms with Crippen LogP contribution in [-0.2, 0) is 4.74 Å². The van der Waals surface area contributed by atoms with Crippen molar-refractivity contribution in [3.63, 3.8) is 0 Å². The second-order valence-corrected chi connectivity index (χ2v) is 4.85. The number of hydrogen-bond donors (Lipinski definition) is 0. The van der Waals surface area contributed by atoms with E-state index >= 15 is 0 Å². The Morgan fingerprint density at radius 1 is 1.00 bits per heavy atom. The lowest BCUT2D eigenvalue weighted by Crippen LogP contribution is -2.67. The van der Waals surface area contributed by atoms with E-state index in [4.69, 9.17) is 4.74 Å². The first-order valence-electron chi connectivity index (χ1n) is 5.68. The molecule has 0 aromatic heterocycles. The minimum atomic E-state index is 0.632. The highest BCUT2D eigenvalue weighted by Crippen LogP contribution is 2.21. The molecule has 0 atom stereocenters. The summed E-state index contributed by atoms with van der Waals surface area (Å²) in [6.45, 7) is 13.1. The van der Waals surface area contributed by atoms with Gasteiger partial charge in [-0.3, -0.25) is 0 Å². The first kappa shape index (κ1) is 12.0. The van der Waals surface area contributed by atoms with Crippen LogP contribution in [0.5, 0.6) is 0 Å². The molecule has 1 fully saturated rings. The van der Waals surface area contributed by atoms with Crippen LogP contribution in [0.2, 0.25) is 0 Å². The van der Waals surface area contributed by atoms with Crippen LogP contribution in [0, 0.1) is 0 Å². The molecule has 3 nitrogen and oxygen atoms in total. The lowest BCUT2D eigenvalue weighted by Gasteiger charge is -2.50. The Bertz CT molecular complexity index is 166. The molecule has 14 heavy (non-hydrogen) atoms. The van der Waals surface area contributed by atoms with Crippen molar-refractivity contribution in [3.8, 4) is 0 Å². The molecule has 0 radical (unpaired) electrons. The first-order chi connectivity index (χ1) is 6.49. The third-order valence-electron chi connectivity index (χ3n) is 3.69. The minimum absolute atomic E-state index is 0.632. The monoisotopic (exact) mass is 201 g/mol. The maximum absolute atomic E-state index is 5.40. The zero-order valence-electron chi connectivity index (χ0n) is 10.3. The molecule has 0 bridgehead atoms. The average Bonchev–Trinajstić information content (AvgIpc) is 2.17. The third-order valence-corrected chi connectivity index (χ3v) is 3.69. The minimum Gasteiger partial charge on any atom is -0.378 e. The second-order valence-electron chi connectivity index (χ2n) is 4.85. The fourth-order valence-corrected chi connectivity index (χ4v) is 2.23. The van der Waals surface area contributed by atoms with Gasteiger partial charge in [-0.2, -0.15) is 5.01 Å². The molecule has 1 aliphatic rings. The third kappa shape index (κ3) is 2.10. The number of ether oxygens (including phenoxy) is 1. The Morgan fingerprint density at radius 2 is 1.43 bits per heavy atom. The SMILES string of the molecule is CC(C)[N+](C)(C(C)C)N1CCOCC1. The zero-order chi connectivity index (χ0) is 10.8. The first-order valence-corrected chi connectivity index (χ1v) is 5.68. The lowest BCUT2D eigenvalue weighted by atomic mass is 10.2. The molecule has 84 valence electrons. The topological polar surface area (TPSA) is 12.5 Å². The van der Waals surface area contributed by atoms with Gasteiger partial charge in [-0.05, 0) is 27.7 Å². The zero-order valence-corrected chi connectivity index (χ0v) is 10.3. The van der Waals surface area contributed by atoms with E-state index in [-0.39, 0.29) is 0 Å². The molecule has 0 N–H and O–H groups in total. The normalized spacial score (nSPS) is 20.8. The van der Waals surface area contributed by atoms with E-state index in [1.807, 2.05) is 0 Å². The van der Waals surface area contributed by atoms with E-state index in [9.17, 15) is 0 Å². The summed E-state index contributed by atoms with van der Waals surface area (Å²) in [6, 6.07) is 1.26. The lowest BCUT2D eigenvalue weighted by molar-refractivity contribution is -1.05. The van der Waals surface area contributed by atoms with Gasteiger partial charge in [-0.1, -0.05) is 0 Å². The van der Waals surface area contributed by atoms with Crippen molar-refractivity contribution in [1.82, 2.24) is 5.01 Å². The van der Waals surface area contributed by atoms with E-state index in [2.05, 4.69) is 39.8 Å². The Balaban J connectivity index is 2.75. The standard InChI is InChI=1S/C11H25N2O/c1-10(2)13(5,11(3)4)12-6-8-14-9-7-12/h10-11H,6-9H2,1-5H3/q+1. The highest BCUT2D eigenvalue weighted by molar-refractivity contribution is 4.57. The molecule has 0 aliphatic carbocycles. The molecule has 1 aliphatic heterocycles. The van der Waals surface area contributed by atoms with Gasteiger partial charge in [0.05, 0.1) is 33.4 Å². The van der Waals surface area contributed by atoms with Gasteiger partial charge in [0, 0.05) is 0 Å². The van der Waals surface area contributed by atoms with Crippen LogP contribution < -0.4 is 0 Å². The summed E-state index contributed by atoms with van der Waals surface area (Å²) in [7, 11) is 2.33. The van der Waals surface area contributed by atoms with Crippen molar-refractivity contribution in [3.05, 3.63) is 0 Å². The van der Waals surface area contributed by atoms with Crippen molar-refractivity contribution in [2.45, 2.75) is 39.8 Å². The Labute approximate surface area is 88.2 Å². The van der Waals surface area contributed by atoms with Crippen LogP contribution in [0.25, 0.3) is 0 Å². The van der Waals surface area contributed by atoms with Crippen molar-refractivity contribution in [1.29, 1.82) is 0 Å². The van der Waals surface area contributed by atoms with Gasteiger partial charge < -0.3 is 4.74 Å². The Hall–Kier alpha value is -0.120. The van der Waals surface area contributed by atoms with Gasteiger partial charge in [0.2, 0.25) is 0 Å². The Morgan fingerprint density at radius 3 is 1.79 bits per heavy atom. The van der Waals surface area contributed by atoms with Gasteiger partial charge in [-0.15, -0.1) is 0 Å². The van der Waals surface area contributed by atoms with Gasteiger partial charge in [0.15, 0.2) is 0 Å². The maximum atomic E-state index is 5.40. The number of rotatable bonds is 3. The highest BCUT2D eigenvalue weighted by atomic mass is 16.5. The van der Waals surface area contributed by atoms with Crippen LogP contribution in [0.4, 0.5) is 0 Å². The van der Waals surface area contributed by atoms with Crippen LogP contribution >= 0.6 is 0 Å². The summed E-state index contributed by atoms with van der Waals surface area (Å²) in [5, 5.41) is 2.54. The summed E-state index contributed by atoms with van der Waals surface area (Å²) >= 11 is 0. The smallest absolute Gasteiger partial charge is 0.101 e. The second kappa shape index (κ2) is 4.60. The van der Waals surface area contributed by atoms with Gasteiger partial charge >= 0.3 is 0 Å². The van der Waals surface area contributed by atoms with Crippen LogP contribution in [0.3, 0.4) is 0 Å². The van der Waals surface area contributed by atoms with Crippen molar-refractivity contribution in [2.75, 3.05) is 33.4 Å². The fourth-order valence-electron chi connectivity index (χ4n) is 2.23. The molecule has 0 aromatic carbocycles. The maximum Gasteiger partial charge on any atom is 0.101 e. The van der Waals surface area contributed by atoms with Gasteiger partial charge in [0.25, 0.3) is 0 Å². The summed E-state index contributed by atoms with van der Waals surface area (Å²) in [5.41, 5.74) is 0. The van der Waals surface area contributed by atoms with Crippen LogP contribution in [0.1, 0.15) is 27.7 Å². The molecular weight excluding hydrogens is 176 g/mol. The number of nitrogens with zero attached hydrogens (tertiary/aromatic N) is 2. The molecular formula is C11H25N2O+. The van der Waals surface area contributed by atoms with Gasteiger partial charge in [0.1, 0.15) is 12.1 Å². The molecule has 1 saturated heterocycles. The largest absolute Gasteiger partial charge is 0.378 e. The molecule has 0 saturated carbocycles. The predicted molar refractivity (Wildman–Crippen MR) is 58.8 cm³/mol. The van der Waals surface area contributed by atoms with Crippen molar-refractivity contribution in [2.24, 2.45) is 0 Å². The van der Waals surface area contributed by atoms with E-state index in [1.165, 1.54) is 0 Å². The predicted octanol–water partition coefficient (Wildman–Crippen LogP) is 1.50. The quantitative estimate of drug-likeness (QED) is 0.642. The Kier molecular flexibility index (Phi) is 3.93. The molecule has 3 heteroatoms. The summed E-state index contributed by atoms with van der Waals surface area (Å²) in [6.07, 6.45) is 0.